The van der Waals surface area contributed by atoms with Gasteiger partial charge in [-0.15, -0.1) is 0 Å². The van der Waals surface area contributed by atoms with Crippen molar-refractivity contribution in [2.45, 2.75) is 12.8 Å². The molecule has 2 aromatic heterocycles. The van der Waals surface area contributed by atoms with Crippen molar-refractivity contribution in [3.63, 3.8) is 0 Å². The average Bonchev–Trinajstić information content (AvgIpc) is 3.02. The summed E-state index contributed by atoms with van der Waals surface area (Å²) in [5, 5.41) is 13.6. The van der Waals surface area contributed by atoms with E-state index < -0.39 is 5.92 Å². The molecule has 0 aliphatic carbocycles. The molecule has 0 fully saturated rings. The van der Waals surface area contributed by atoms with Gasteiger partial charge in [-0.25, -0.2) is 4.98 Å². The molecule has 3 aromatic rings. The van der Waals surface area contributed by atoms with Gasteiger partial charge in [0.05, 0.1) is 28.9 Å². The molecule has 0 saturated heterocycles. The number of imidazole rings is 1. The van der Waals surface area contributed by atoms with Gasteiger partial charge in [0.15, 0.2) is 11.7 Å². The zero-order valence-corrected chi connectivity index (χ0v) is 12.6. The molecule has 0 N–H and O–H groups in total. The molecule has 3 rings (SSSR count). The zero-order chi connectivity index (χ0) is 15.9. The third kappa shape index (κ3) is 1.99. The van der Waals surface area contributed by atoms with Gasteiger partial charge in [-0.3, -0.25) is 9.48 Å². The van der Waals surface area contributed by atoms with Crippen LogP contribution < -0.4 is 0 Å². The van der Waals surface area contributed by atoms with Crippen molar-refractivity contribution in [3.05, 3.63) is 47.5 Å². The molecule has 0 spiro atoms. The highest BCUT2D eigenvalue weighted by Crippen LogP contribution is 2.24. The first-order valence-electron chi connectivity index (χ1n) is 6.88. The number of ketones is 1. The Labute approximate surface area is 127 Å². The third-order valence-electron chi connectivity index (χ3n) is 3.97. The van der Waals surface area contributed by atoms with Crippen molar-refractivity contribution in [2.24, 2.45) is 14.1 Å². The fourth-order valence-corrected chi connectivity index (χ4v) is 2.55. The van der Waals surface area contributed by atoms with Gasteiger partial charge >= 0.3 is 0 Å². The number of nitrogens with zero attached hydrogens (tertiary/aromatic N) is 5. The van der Waals surface area contributed by atoms with E-state index >= 15 is 0 Å². The molecule has 1 unspecified atom stereocenters. The maximum Gasteiger partial charge on any atom is 0.191 e. The molecule has 6 heteroatoms. The van der Waals surface area contributed by atoms with E-state index in [2.05, 4.69) is 16.2 Å². The Morgan fingerprint density at radius 3 is 2.64 bits per heavy atom. The summed E-state index contributed by atoms with van der Waals surface area (Å²) in [7, 11) is 3.58. The Balaban J connectivity index is 2.11. The minimum Gasteiger partial charge on any atom is -0.330 e. The van der Waals surface area contributed by atoms with Crippen LogP contribution in [0.2, 0.25) is 0 Å². The van der Waals surface area contributed by atoms with Crippen LogP contribution in [0.4, 0.5) is 0 Å². The largest absolute Gasteiger partial charge is 0.330 e. The van der Waals surface area contributed by atoms with Crippen LogP contribution in [0.25, 0.3) is 11.0 Å². The Morgan fingerprint density at radius 1 is 1.32 bits per heavy atom. The lowest BCUT2D eigenvalue weighted by molar-refractivity contribution is 0.0974. The summed E-state index contributed by atoms with van der Waals surface area (Å²) in [6.45, 7) is 1.81. The number of nitriles is 1. The molecule has 0 radical (unpaired) electrons. The molecule has 110 valence electrons. The summed E-state index contributed by atoms with van der Waals surface area (Å²) in [6.07, 6.45) is 1.50. The number of carbonyl (C=O) groups is 1. The van der Waals surface area contributed by atoms with E-state index in [1.807, 2.05) is 38.2 Å². The summed E-state index contributed by atoms with van der Waals surface area (Å²) in [6, 6.07) is 9.66. The van der Waals surface area contributed by atoms with E-state index in [9.17, 15) is 10.1 Å². The molecule has 0 aliphatic rings. The van der Waals surface area contributed by atoms with Crippen molar-refractivity contribution >= 4 is 16.8 Å². The second-order valence-corrected chi connectivity index (χ2v) is 5.21. The van der Waals surface area contributed by atoms with E-state index in [0.717, 1.165) is 16.7 Å². The molecule has 0 saturated carbocycles. The molecule has 22 heavy (non-hydrogen) atoms. The summed E-state index contributed by atoms with van der Waals surface area (Å²) in [4.78, 5) is 17.2. The first-order chi connectivity index (χ1) is 10.5. The zero-order valence-electron chi connectivity index (χ0n) is 12.6. The van der Waals surface area contributed by atoms with Crippen LogP contribution in [0.3, 0.4) is 0 Å². The van der Waals surface area contributed by atoms with E-state index in [-0.39, 0.29) is 5.78 Å². The van der Waals surface area contributed by atoms with Crippen molar-refractivity contribution in [3.8, 4) is 6.07 Å². The smallest absolute Gasteiger partial charge is 0.191 e. The van der Waals surface area contributed by atoms with Gasteiger partial charge in [0.1, 0.15) is 5.82 Å². The van der Waals surface area contributed by atoms with E-state index in [0.29, 0.717) is 11.4 Å². The minimum atomic E-state index is -0.944. The Hall–Kier alpha value is -2.94. The Morgan fingerprint density at radius 2 is 2.05 bits per heavy atom. The average molecular weight is 293 g/mol. The van der Waals surface area contributed by atoms with Gasteiger partial charge in [-0.1, -0.05) is 12.1 Å². The Bertz CT molecular complexity index is 912. The molecular formula is C16H15N5O. The van der Waals surface area contributed by atoms with Gasteiger partial charge < -0.3 is 4.57 Å². The topological polar surface area (TPSA) is 76.5 Å². The number of para-hydroxylation sites is 2. The van der Waals surface area contributed by atoms with Gasteiger partial charge in [-0.2, -0.15) is 10.4 Å². The summed E-state index contributed by atoms with van der Waals surface area (Å²) in [5.74, 6) is -0.760. The number of hydrogen-bond donors (Lipinski definition) is 0. The monoisotopic (exact) mass is 293 g/mol. The predicted molar refractivity (Wildman–Crippen MR) is 81.3 cm³/mol. The lowest BCUT2D eigenvalue weighted by Crippen LogP contribution is -2.16. The summed E-state index contributed by atoms with van der Waals surface area (Å²) >= 11 is 0. The number of aromatic nitrogens is 4. The normalized spacial score (nSPS) is 12.3. The fraction of sp³-hybridized carbons (Fsp3) is 0.250. The van der Waals surface area contributed by atoms with E-state index in [1.165, 1.54) is 6.20 Å². The maximum atomic E-state index is 12.7. The van der Waals surface area contributed by atoms with Crippen LogP contribution in [0, 0.1) is 18.3 Å². The number of Topliss-reactive ketones (excluding diaryl/α,β-unsaturated/α-hetero) is 1. The van der Waals surface area contributed by atoms with Gasteiger partial charge in [0.2, 0.25) is 0 Å². The maximum absolute atomic E-state index is 12.7. The highest BCUT2D eigenvalue weighted by atomic mass is 16.1. The van der Waals surface area contributed by atoms with Crippen molar-refractivity contribution in [1.82, 2.24) is 19.3 Å². The minimum absolute atomic E-state index is 0.272. The van der Waals surface area contributed by atoms with Crippen molar-refractivity contribution in [2.75, 3.05) is 0 Å². The number of fused-ring (bicyclic) bond motifs is 1. The van der Waals surface area contributed by atoms with Crippen LogP contribution in [0.1, 0.15) is 27.8 Å². The molecule has 6 nitrogen and oxygen atoms in total. The van der Waals surface area contributed by atoms with Crippen LogP contribution in [0.5, 0.6) is 0 Å². The number of rotatable bonds is 3. The van der Waals surface area contributed by atoms with Gasteiger partial charge in [-0.05, 0) is 19.1 Å². The third-order valence-corrected chi connectivity index (χ3v) is 3.97. The van der Waals surface area contributed by atoms with Crippen LogP contribution >= 0.6 is 0 Å². The number of benzene rings is 1. The molecule has 0 amide bonds. The Kier molecular flexibility index (Phi) is 3.26. The second-order valence-electron chi connectivity index (χ2n) is 5.21. The molecule has 2 heterocycles. The highest BCUT2D eigenvalue weighted by molar-refractivity contribution is 6.03. The number of aryl methyl sites for hydroxylation is 2. The first kappa shape index (κ1) is 14.0. The standard InChI is InChI=1S/C16H15N5O/c1-10-12(9-18-21(10)3)15(22)11(8-17)16-19-13-6-4-5-7-14(13)20(16)2/h4-7,9,11H,1-3H3. The second kappa shape index (κ2) is 5.11. The van der Waals surface area contributed by atoms with Crippen molar-refractivity contribution < 1.29 is 4.79 Å². The molecule has 0 bridgehead atoms. The SMILES string of the molecule is Cc1c(C(=O)C(C#N)c2nc3ccccc3n2C)cnn1C. The van der Waals surface area contributed by atoms with Crippen LogP contribution in [0.15, 0.2) is 30.5 Å². The van der Waals surface area contributed by atoms with Crippen LogP contribution in [-0.4, -0.2) is 25.1 Å². The number of carbonyl (C=O) groups excluding carboxylic acids is 1. The molecular weight excluding hydrogens is 278 g/mol. The molecule has 0 aliphatic heterocycles. The van der Waals surface area contributed by atoms with Gasteiger partial charge in [0, 0.05) is 19.8 Å². The molecule has 1 aromatic carbocycles. The lowest BCUT2D eigenvalue weighted by Gasteiger charge is -2.08. The number of hydrogen-bond acceptors (Lipinski definition) is 4. The quantitative estimate of drug-likeness (QED) is 0.693. The molecule has 1 atom stereocenters. The van der Waals surface area contributed by atoms with Crippen LogP contribution in [-0.2, 0) is 14.1 Å². The predicted octanol–water partition coefficient (Wildman–Crippen LogP) is 2.11. The summed E-state index contributed by atoms with van der Waals surface area (Å²) < 4.78 is 3.42. The van der Waals surface area contributed by atoms with Crippen molar-refractivity contribution in [1.29, 1.82) is 5.26 Å². The van der Waals surface area contributed by atoms with E-state index in [1.54, 1.807) is 16.3 Å². The first-order valence-corrected chi connectivity index (χ1v) is 6.88. The lowest BCUT2D eigenvalue weighted by atomic mass is 9.98. The fourth-order valence-electron chi connectivity index (χ4n) is 2.55. The van der Waals surface area contributed by atoms with Gasteiger partial charge in [0.25, 0.3) is 0 Å². The van der Waals surface area contributed by atoms with E-state index in [4.69, 9.17) is 0 Å². The highest BCUT2D eigenvalue weighted by Gasteiger charge is 2.29. The summed E-state index contributed by atoms with van der Waals surface area (Å²) in [5.41, 5.74) is 2.87.